The lowest BCUT2D eigenvalue weighted by atomic mass is 9.95. The van der Waals surface area contributed by atoms with E-state index >= 15 is 0 Å². The number of ether oxygens (including phenoxy) is 3. The summed E-state index contributed by atoms with van der Waals surface area (Å²) in [6.45, 7) is 4.60. The van der Waals surface area contributed by atoms with E-state index in [0.717, 1.165) is 25.7 Å². The molecule has 3 atom stereocenters. The Morgan fingerprint density at radius 2 is 1.95 bits per heavy atom. The Morgan fingerprint density at radius 1 is 1.25 bits per heavy atom. The Labute approximate surface area is 122 Å². The van der Waals surface area contributed by atoms with E-state index in [2.05, 4.69) is 5.32 Å². The molecule has 1 fully saturated rings. The highest BCUT2D eigenvalue weighted by Crippen LogP contribution is 2.23. The molecule has 118 valence electrons. The fourth-order valence-corrected chi connectivity index (χ4v) is 2.63. The average molecular weight is 287 g/mol. The van der Waals surface area contributed by atoms with Crippen molar-refractivity contribution in [3.63, 3.8) is 0 Å². The first-order valence-electron chi connectivity index (χ1n) is 7.55. The van der Waals surface area contributed by atoms with E-state index in [4.69, 9.17) is 14.2 Å². The zero-order chi connectivity index (χ0) is 15.0. The summed E-state index contributed by atoms with van der Waals surface area (Å²) in [7, 11) is 3.18. The van der Waals surface area contributed by atoms with Crippen molar-refractivity contribution < 1.29 is 19.0 Å². The predicted molar refractivity (Wildman–Crippen MR) is 77.7 cm³/mol. The molecule has 3 unspecified atom stereocenters. The van der Waals surface area contributed by atoms with Crippen LogP contribution in [-0.2, 0) is 19.0 Å². The number of carbonyl (C=O) groups excluding carboxylic acids is 1. The number of nitrogens with one attached hydrogen (secondary N) is 1. The second-order valence-corrected chi connectivity index (χ2v) is 5.70. The van der Waals surface area contributed by atoms with Crippen LogP contribution >= 0.6 is 0 Å². The Balaban J connectivity index is 2.30. The molecule has 0 amide bonds. The minimum atomic E-state index is -0.290. The summed E-state index contributed by atoms with van der Waals surface area (Å²) in [6, 6.07) is -0.0477. The quantitative estimate of drug-likeness (QED) is 0.691. The van der Waals surface area contributed by atoms with Gasteiger partial charge < -0.3 is 19.5 Å². The van der Waals surface area contributed by atoms with Crippen LogP contribution in [0.3, 0.4) is 0 Å². The third kappa shape index (κ3) is 6.20. The molecule has 0 spiro atoms. The van der Waals surface area contributed by atoms with Gasteiger partial charge >= 0.3 is 5.97 Å². The van der Waals surface area contributed by atoms with Gasteiger partial charge in [-0.3, -0.25) is 4.79 Å². The van der Waals surface area contributed by atoms with E-state index in [9.17, 15) is 4.79 Å². The molecule has 20 heavy (non-hydrogen) atoms. The van der Waals surface area contributed by atoms with Crippen molar-refractivity contribution in [2.45, 2.75) is 70.2 Å². The van der Waals surface area contributed by atoms with Gasteiger partial charge in [0.15, 0.2) is 0 Å². The summed E-state index contributed by atoms with van der Waals surface area (Å²) in [6.07, 6.45) is 5.52. The smallest absolute Gasteiger partial charge is 0.322 e. The van der Waals surface area contributed by atoms with Crippen LogP contribution in [0, 0.1) is 0 Å². The Morgan fingerprint density at radius 3 is 2.55 bits per heavy atom. The van der Waals surface area contributed by atoms with Crippen molar-refractivity contribution in [3.05, 3.63) is 0 Å². The first-order valence-corrected chi connectivity index (χ1v) is 7.55. The molecular weight excluding hydrogens is 258 g/mol. The van der Waals surface area contributed by atoms with Gasteiger partial charge in [-0.1, -0.05) is 13.8 Å². The third-order valence-electron chi connectivity index (χ3n) is 3.69. The second-order valence-electron chi connectivity index (χ2n) is 5.70. The fourth-order valence-electron chi connectivity index (χ4n) is 2.63. The highest BCUT2D eigenvalue weighted by Gasteiger charge is 2.24. The molecule has 0 radical (unpaired) electrons. The van der Waals surface area contributed by atoms with Crippen molar-refractivity contribution in [2.24, 2.45) is 0 Å². The molecule has 0 aromatic rings. The predicted octanol–water partition coefficient (Wildman–Crippen LogP) is 1.89. The lowest BCUT2D eigenvalue weighted by molar-refractivity contribution is -0.144. The Bertz CT molecular complexity index is 283. The van der Waals surface area contributed by atoms with Crippen molar-refractivity contribution in [3.8, 4) is 0 Å². The molecule has 0 bridgehead atoms. The maximum Gasteiger partial charge on any atom is 0.322 e. The number of methoxy groups -OCH3 is 2. The van der Waals surface area contributed by atoms with Crippen LogP contribution in [0.25, 0.3) is 0 Å². The zero-order valence-corrected chi connectivity index (χ0v) is 13.2. The molecule has 1 aliphatic carbocycles. The number of hydrogen-bond donors (Lipinski definition) is 1. The van der Waals surface area contributed by atoms with Gasteiger partial charge in [-0.25, -0.2) is 0 Å². The molecule has 1 rings (SSSR count). The Hall–Kier alpha value is -0.650. The molecule has 1 saturated carbocycles. The van der Waals surface area contributed by atoms with Crippen molar-refractivity contribution in [1.82, 2.24) is 5.32 Å². The van der Waals surface area contributed by atoms with E-state index < -0.39 is 0 Å². The van der Waals surface area contributed by atoms with Crippen LogP contribution in [0.1, 0.15) is 46.0 Å². The molecule has 0 aromatic carbocycles. The summed E-state index contributed by atoms with van der Waals surface area (Å²) in [5.74, 6) is -0.222. The average Bonchev–Trinajstić information content (AvgIpc) is 2.45. The van der Waals surface area contributed by atoms with Crippen LogP contribution < -0.4 is 5.32 Å². The molecule has 0 aliphatic heterocycles. The number of carbonyl (C=O) groups is 1. The standard InChI is InChI=1S/C15H29NO4/c1-11(2)16-14(15(17)19-4)8-9-20-13-7-5-6-12(10-13)18-3/h11-14,16H,5-10H2,1-4H3. The summed E-state index contributed by atoms with van der Waals surface area (Å²) in [5, 5.41) is 3.21. The van der Waals surface area contributed by atoms with Crippen LogP contribution in [0.5, 0.6) is 0 Å². The third-order valence-corrected chi connectivity index (χ3v) is 3.69. The van der Waals surface area contributed by atoms with Crippen LogP contribution in [0.2, 0.25) is 0 Å². The minimum Gasteiger partial charge on any atom is -0.468 e. The number of esters is 1. The van der Waals surface area contributed by atoms with Gasteiger partial charge in [-0.2, -0.15) is 0 Å². The molecule has 1 aliphatic rings. The van der Waals surface area contributed by atoms with E-state index in [1.54, 1.807) is 7.11 Å². The number of hydrogen-bond acceptors (Lipinski definition) is 5. The van der Waals surface area contributed by atoms with Gasteiger partial charge in [0.2, 0.25) is 0 Å². The largest absolute Gasteiger partial charge is 0.468 e. The summed E-state index contributed by atoms with van der Waals surface area (Å²) < 4.78 is 16.1. The molecular formula is C15H29NO4. The second kappa shape index (κ2) is 9.32. The van der Waals surface area contributed by atoms with Crippen LogP contribution in [-0.4, -0.2) is 51.1 Å². The van der Waals surface area contributed by atoms with E-state index in [-0.39, 0.29) is 24.2 Å². The highest BCUT2D eigenvalue weighted by molar-refractivity contribution is 5.75. The van der Waals surface area contributed by atoms with E-state index in [1.165, 1.54) is 7.11 Å². The monoisotopic (exact) mass is 287 g/mol. The first-order chi connectivity index (χ1) is 9.56. The molecule has 5 heteroatoms. The van der Waals surface area contributed by atoms with Crippen molar-refractivity contribution in [1.29, 1.82) is 0 Å². The fraction of sp³-hybridized carbons (Fsp3) is 0.933. The SMILES string of the molecule is COC(=O)C(CCOC1CCCC(OC)C1)NC(C)C. The lowest BCUT2D eigenvalue weighted by Crippen LogP contribution is -2.42. The topological polar surface area (TPSA) is 56.8 Å². The van der Waals surface area contributed by atoms with Crippen LogP contribution in [0.15, 0.2) is 0 Å². The maximum absolute atomic E-state index is 11.7. The van der Waals surface area contributed by atoms with Crippen molar-refractivity contribution >= 4 is 5.97 Å². The van der Waals surface area contributed by atoms with E-state index in [1.807, 2.05) is 13.8 Å². The molecule has 5 nitrogen and oxygen atoms in total. The van der Waals surface area contributed by atoms with Gasteiger partial charge in [-0.15, -0.1) is 0 Å². The van der Waals surface area contributed by atoms with Gasteiger partial charge in [0, 0.05) is 19.8 Å². The number of rotatable bonds is 8. The highest BCUT2D eigenvalue weighted by atomic mass is 16.5. The molecule has 0 aromatic heterocycles. The maximum atomic E-state index is 11.7. The van der Waals surface area contributed by atoms with Gasteiger partial charge in [0.1, 0.15) is 6.04 Å². The first kappa shape index (κ1) is 17.4. The van der Waals surface area contributed by atoms with E-state index in [0.29, 0.717) is 19.1 Å². The molecule has 1 N–H and O–H groups in total. The lowest BCUT2D eigenvalue weighted by Gasteiger charge is -2.28. The van der Waals surface area contributed by atoms with Gasteiger partial charge in [0.05, 0.1) is 19.3 Å². The summed E-state index contributed by atoms with van der Waals surface area (Å²) in [5.41, 5.74) is 0. The molecule has 0 saturated heterocycles. The Kier molecular flexibility index (Phi) is 8.11. The van der Waals surface area contributed by atoms with Gasteiger partial charge in [0.25, 0.3) is 0 Å². The summed E-state index contributed by atoms with van der Waals surface area (Å²) in [4.78, 5) is 11.7. The zero-order valence-electron chi connectivity index (χ0n) is 13.2. The minimum absolute atomic E-state index is 0.222. The van der Waals surface area contributed by atoms with Crippen LogP contribution in [0.4, 0.5) is 0 Å². The van der Waals surface area contributed by atoms with Crippen molar-refractivity contribution in [2.75, 3.05) is 20.8 Å². The van der Waals surface area contributed by atoms with Gasteiger partial charge in [-0.05, 0) is 32.1 Å². The summed E-state index contributed by atoms with van der Waals surface area (Å²) >= 11 is 0. The normalized spacial score (nSPS) is 24.6. The molecule has 0 heterocycles.